The summed E-state index contributed by atoms with van der Waals surface area (Å²) in [5.41, 5.74) is 0.819. The molecule has 1 N–H and O–H groups in total. The third-order valence-electron chi connectivity index (χ3n) is 3.52. The second kappa shape index (κ2) is 8.68. The summed E-state index contributed by atoms with van der Waals surface area (Å²) in [4.78, 5) is 0. The number of nitrogens with zero attached hydrogens (tertiary/aromatic N) is 3. The molecule has 3 aromatic rings. The number of aliphatic hydroxyl groups excluding tert-OH is 1. The van der Waals surface area contributed by atoms with Gasteiger partial charge in [0, 0.05) is 5.75 Å². The first-order valence-electron chi connectivity index (χ1n) is 7.90. The van der Waals surface area contributed by atoms with Crippen LogP contribution in [0.15, 0.2) is 60.0 Å². The number of hydrogen-bond acceptors (Lipinski definition) is 6. The first-order chi connectivity index (χ1) is 12.7. The maximum atomic E-state index is 12.9. The molecule has 0 aliphatic heterocycles. The molecule has 0 spiro atoms. The fourth-order valence-electron chi connectivity index (χ4n) is 2.26. The lowest BCUT2D eigenvalue weighted by atomic mass is 10.3. The van der Waals surface area contributed by atoms with Gasteiger partial charge in [0.1, 0.15) is 30.3 Å². The zero-order chi connectivity index (χ0) is 18.4. The Hall–Kier alpha value is -2.58. The molecule has 1 aromatic heterocycles. The number of benzene rings is 2. The fraction of sp³-hybridized carbons (Fsp3) is 0.222. The van der Waals surface area contributed by atoms with Crippen LogP contribution in [0, 0.1) is 5.82 Å². The molecule has 26 heavy (non-hydrogen) atoms. The largest absolute Gasteiger partial charge is 0.495 e. The Morgan fingerprint density at radius 3 is 2.73 bits per heavy atom. The van der Waals surface area contributed by atoms with Crippen molar-refractivity contribution in [1.82, 2.24) is 14.8 Å². The van der Waals surface area contributed by atoms with E-state index in [1.807, 2.05) is 24.3 Å². The van der Waals surface area contributed by atoms with Gasteiger partial charge in [-0.15, -0.1) is 10.2 Å². The van der Waals surface area contributed by atoms with Crippen LogP contribution in [-0.4, -0.2) is 45.4 Å². The van der Waals surface area contributed by atoms with E-state index >= 15 is 0 Å². The number of aromatic nitrogens is 3. The van der Waals surface area contributed by atoms with Crippen LogP contribution in [0.3, 0.4) is 0 Å². The van der Waals surface area contributed by atoms with Gasteiger partial charge < -0.3 is 14.6 Å². The minimum Gasteiger partial charge on any atom is -0.495 e. The highest BCUT2D eigenvalue weighted by Gasteiger charge is 2.14. The predicted octanol–water partition coefficient (Wildman–Crippen LogP) is 2.95. The lowest BCUT2D eigenvalue weighted by Gasteiger charge is -2.13. The van der Waals surface area contributed by atoms with Gasteiger partial charge in [0.15, 0.2) is 5.16 Å². The Morgan fingerprint density at radius 1 is 1.19 bits per heavy atom. The van der Waals surface area contributed by atoms with Crippen LogP contribution >= 0.6 is 11.8 Å². The van der Waals surface area contributed by atoms with Gasteiger partial charge in [0.2, 0.25) is 0 Å². The standard InChI is InChI=1S/C18H18FN3O3S/c1-24-17-5-3-2-4-16(17)22-12-20-21-18(22)26-11-14(23)10-25-15-8-6-13(19)7-9-15/h2-9,12,14,23H,10-11H2,1H3/t14-/m0/s1. The second-order valence-corrected chi connectivity index (χ2v) is 6.37. The minimum absolute atomic E-state index is 0.0986. The summed E-state index contributed by atoms with van der Waals surface area (Å²) >= 11 is 1.36. The molecule has 8 heteroatoms. The van der Waals surface area contributed by atoms with E-state index in [1.54, 1.807) is 18.0 Å². The number of halogens is 1. The van der Waals surface area contributed by atoms with Gasteiger partial charge in [-0.3, -0.25) is 4.57 Å². The number of para-hydroxylation sites is 2. The number of thioether (sulfide) groups is 1. The van der Waals surface area contributed by atoms with E-state index in [4.69, 9.17) is 9.47 Å². The predicted molar refractivity (Wildman–Crippen MR) is 96.5 cm³/mol. The fourth-order valence-corrected chi connectivity index (χ4v) is 3.09. The van der Waals surface area contributed by atoms with E-state index in [1.165, 1.54) is 36.0 Å². The van der Waals surface area contributed by atoms with E-state index in [9.17, 15) is 9.50 Å². The van der Waals surface area contributed by atoms with Crippen LogP contribution in [0.2, 0.25) is 0 Å². The normalized spacial score (nSPS) is 12.0. The van der Waals surface area contributed by atoms with Gasteiger partial charge in [-0.2, -0.15) is 0 Å². The number of rotatable bonds is 8. The topological polar surface area (TPSA) is 69.4 Å². The number of hydrogen-bond donors (Lipinski definition) is 1. The Bertz CT molecular complexity index is 842. The molecule has 6 nitrogen and oxygen atoms in total. The first kappa shape index (κ1) is 18.2. The SMILES string of the molecule is COc1ccccc1-n1cnnc1SC[C@@H](O)COc1ccc(F)cc1. The molecule has 0 radical (unpaired) electrons. The molecule has 1 heterocycles. The molecular formula is C18H18FN3O3S. The second-order valence-electron chi connectivity index (χ2n) is 5.39. The summed E-state index contributed by atoms with van der Waals surface area (Å²) < 4.78 is 25.5. The lowest BCUT2D eigenvalue weighted by Crippen LogP contribution is -2.20. The van der Waals surface area contributed by atoms with E-state index < -0.39 is 6.10 Å². The molecule has 0 bridgehead atoms. The highest BCUT2D eigenvalue weighted by atomic mass is 32.2. The molecule has 2 aromatic carbocycles. The van der Waals surface area contributed by atoms with Gasteiger partial charge in [0.25, 0.3) is 0 Å². The molecule has 1 atom stereocenters. The van der Waals surface area contributed by atoms with Gasteiger partial charge in [-0.05, 0) is 36.4 Å². The summed E-state index contributed by atoms with van der Waals surface area (Å²) in [7, 11) is 1.60. The van der Waals surface area contributed by atoms with E-state index in [0.29, 0.717) is 22.4 Å². The smallest absolute Gasteiger partial charge is 0.195 e. The van der Waals surface area contributed by atoms with Gasteiger partial charge in [0.05, 0.1) is 18.9 Å². The maximum Gasteiger partial charge on any atom is 0.195 e. The monoisotopic (exact) mass is 375 g/mol. The molecule has 0 fully saturated rings. The summed E-state index contributed by atoms with van der Waals surface area (Å²) in [6.45, 7) is 0.0986. The molecule has 0 amide bonds. The zero-order valence-electron chi connectivity index (χ0n) is 14.1. The highest BCUT2D eigenvalue weighted by molar-refractivity contribution is 7.99. The molecule has 3 rings (SSSR count). The summed E-state index contributed by atoms with van der Waals surface area (Å²) in [5.74, 6) is 1.25. The average molecular weight is 375 g/mol. The molecular weight excluding hydrogens is 357 g/mol. The zero-order valence-corrected chi connectivity index (χ0v) is 14.9. The number of methoxy groups -OCH3 is 1. The quantitative estimate of drug-likeness (QED) is 0.611. The molecule has 0 saturated heterocycles. The van der Waals surface area contributed by atoms with Crippen molar-refractivity contribution in [3.8, 4) is 17.2 Å². The Labute approximate surface area is 154 Å². The molecule has 0 aliphatic carbocycles. The van der Waals surface area contributed by atoms with Crippen molar-refractivity contribution >= 4 is 11.8 Å². The van der Waals surface area contributed by atoms with Gasteiger partial charge in [-0.1, -0.05) is 23.9 Å². The van der Waals surface area contributed by atoms with Crippen LogP contribution in [0.4, 0.5) is 4.39 Å². The van der Waals surface area contributed by atoms with Crippen molar-refractivity contribution in [3.05, 3.63) is 60.7 Å². The third kappa shape index (κ3) is 4.53. The van der Waals surface area contributed by atoms with Crippen LogP contribution in [-0.2, 0) is 0 Å². The van der Waals surface area contributed by atoms with E-state index in [2.05, 4.69) is 10.2 Å². The Morgan fingerprint density at radius 2 is 1.96 bits per heavy atom. The van der Waals surface area contributed by atoms with Crippen LogP contribution in [0.1, 0.15) is 0 Å². The number of aliphatic hydroxyl groups is 1. The minimum atomic E-state index is -0.715. The molecule has 136 valence electrons. The first-order valence-corrected chi connectivity index (χ1v) is 8.88. The summed E-state index contributed by atoms with van der Waals surface area (Å²) in [6.07, 6.45) is 0.884. The molecule has 0 unspecified atom stereocenters. The average Bonchev–Trinajstić information content (AvgIpc) is 3.14. The summed E-state index contributed by atoms with van der Waals surface area (Å²) in [5, 5.41) is 18.8. The van der Waals surface area contributed by atoms with Crippen molar-refractivity contribution in [1.29, 1.82) is 0 Å². The maximum absolute atomic E-state index is 12.9. The molecule has 0 aliphatic rings. The Kier molecular flexibility index (Phi) is 6.08. The van der Waals surface area contributed by atoms with Crippen LogP contribution in [0.25, 0.3) is 5.69 Å². The van der Waals surface area contributed by atoms with Gasteiger partial charge >= 0.3 is 0 Å². The van der Waals surface area contributed by atoms with Crippen molar-refractivity contribution in [3.63, 3.8) is 0 Å². The highest BCUT2D eigenvalue weighted by Crippen LogP contribution is 2.26. The van der Waals surface area contributed by atoms with E-state index in [-0.39, 0.29) is 12.4 Å². The number of ether oxygens (including phenoxy) is 2. The molecule has 0 saturated carbocycles. The lowest BCUT2D eigenvalue weighted by molar-refractivity contribution is 0.126. The van der Waals surface area contributed by atoms with Crippen molar-refractivity contribution < 1.29 is 19.0 Å². The van der Waals surface area contributed by atoms with Gasteiger partial charge in [-0.25, -0.2) is 4.39 Å². The Balaban J connectivity index is 1.58. The van der Waals surface area contributed by atoms with E-state index in [0.717, 1.165) is 5.69 Å². The third-order valence-corrected chi connectivity index (χ3v) is 4.61. The van der Waals surface area contributed by atoms with Crippen molar-refractivity contribution in [2.45, 2.75) is 11.3 Å². The van der Waals surface area contributed by atoms with Crippen LogP contribution < -0.4 is 9.47 Å². The van der Waals surface area contributed by atoms with Crippen molar-refractivity contribution in [2.24, 2.45) is 0 Å². The van der Waals surface area contributed by atoms with Crippen molar-refractivity contribution in [2.75, 3.05) is 19.5 Å². The summed E-state index contributed by atoms with van der Waals surface area (Å²) in [6, 6.07) is 13.2. The van der Waals surface area contributed by atoms with Crippen LogP contribution in [0.5, 0.6) is 11.5 Å².